The van der Waals surface area contributed by atoms with Gasteiger partial charge in [-0.25, -0.2) is 0 Å². The maximum Gasteiger partial charge on any atom is 0.132 e. The van der Waals surface area contributed by atoms with E-state index in [1.165, 1.54) is 19.3 Å². The van der Waals surface area contributed by atoms with Crippen LogP contribution in [-0.4, -0.2) is 5.78 Å². The first-order chi connectivity index (χ1) is 6.36. The van der Waals surface area contributed by atoms with Crippen molar-refractivity contribution in [2.45, 2.75) is 44.9 Å². The Balaban J connectivity index is 1.86. The Morgan fingerprint density at radius 3 is 2.38 bits per heavy atom. The van der Waals surface area contributed by atoms with Crippen LogP contribution in [0.2, 0.25) is 0 Å². The molecule has 72 valence electrons. The number of carbonyl (C=O) groups is 1. The highest BCUT2D eigenvalue weighted by Gasteiger charge is 2.25. The number of hydrogen-bond donors (Lipinski definition) is 0. The van der Waals surface area contributed by atoms with Crippen molar-refractivity contribution < 1.29 is 4.79 Å². The minimum absolute atomic E-state index is 0.489. The van der Waals surface area contributed by atoms with Crippen molar-refractivity contribution in [1.29, 1.82) is 0 Å². The predicted octanol–water partition coefficient (Wildman–Crippen LogP) is 3.10. The van der Waals surface area contributed by atoms with Gasteiger partial charge in [-0.3, -0.25) is 4.79 Å². The van der Waals surface area contributed by atoms with Crippen molar-refractivity contribution in [3.8, 4) is 0 Å². The van der Waals surface area contributed by atoms with Crippen LogP contribution in [0, 0.1) is 11.8 Å². The predicted molar refractivity (Wildman–Crippen MR) is 53.4 cm³/mol. The molecule has 1 heteroatoms. The van der Waals surface area contributed by atoms with E-state index in [9.17, 15) is 4.79 Å². The summed E-state index contributed by atoms with van der Waals surface area (Å²) in [6.45, 7) is 0. The summed E-state index contributed by atoms with van der Waals surface area (Å²) >= 11 is 0. The third kappa shape index (κ3) is 2.20. The van der Waals surface area contributed by atoms with Gasteiger partial charge >= 0.3 is 0 Å². The standard InChI is InChI=1S/C12H18O/c13-12-8-6-11(7-9-12)10-4-2-1-3-5-10/h1-2,10-11H,3-9H2. The molecule has 1 atom stereocenters. The monoisotopic (exact) mass is 178 g/mol. The summed E-state index contributed by atoms with van der Waals surface area (Å²) in [4.78, 5) is 11.1. The van der Waals surface area contributed by atoms with Crippen LogP contribution in [0.5, 0.6) is 0 Å². The normalized spacial score (nSPS) is 30.8. The van der Waals surface area contributed by atoms with Crippen LogP contribution in [0.4, 0.5) is 0 Å². The Morgan fingerprint density at radius 2 is 1.77 bits per heavy atom. The molecule has 0 radical (unpaired) electrons. The van der Waals surface area contributed by atoms with Gasteiger partial charge in [0.05, 0.1) is 0 Å². The van der Waals surface area contributed by atoms with E-state index >= 15 is 0 Å². The van der Waals surface area contributed by atoms with Crippen LogP contribution in [-0.2, 0) is 4.79 Å². The zero-order valence-corrected chi connectivity index (χ0v) is 8.17. The molecule has 0 saturated heterocycles. The maximum absolute atomic E-state index is 11.1. The number of Topliss-reactive ketones (excluding diaryl/α,β-unsaturated/α-hetero) is 1. The highest BCUT2D eigenvalue weighted by Crippen LogP contribution is 2.35. The van der Waals surface area contributed by atoms with E-state index in [1.54, 1.807) is 0 Å². The summed E-state index contributed by atoms with van der Waals surface area (Å²) in [7, 11) is 0. The van der Waals surface area contributed by atoms with Crippen LogP contribution < -0.4 is 0 Å². The van der Waals surface area contributed by atoms with Crippen LogP contribution in [0.25, 0.3) is 0 Å². The van der Waals surface area contributed by atoms with Gasteiger partial charge in [0.1, 0.15) is 5.78 Å². The topological polar surface area (TPSA) is 17.1 Å². The molecule has 2 aliphatic carbocycles. The van der Waals surface area contributed by atoms with Crippen molar-refractivity contribution in [2.24, 2.45) is 11.8 Å². The van der Waals surface area contributed by atoms with E-state index in [-0.39, 0.29) is 0 Å². The van der Waals surface area contributed by atoms with Crippen LogP contribution in [0.1, 0.15) is 44.9 Å². The lowest BCUT2D eigenvalue weighted by Crippen LogP contribution is -2.22. The second-order valence-corrected chi connectivity index (χ2v) is 4.42. The molecule has 0 N–H and O–H groups in total. The fourth-order valence-electron chi connectivity index (χ4n) is 2.68. The molecule has 0 aliphatic heterocycles. The third-order valence-corrected chi connectivity index (χ3v) is 3.56. The minimum Gasteiger partial charge on any atom is -0.300 e. The zero-order valence-electron chi connectivity index (χ0n) is 8.17. The Labute approximate surface area is 80.2 Å². The molecule has 1 saturated carbocycles. The highest BCUT2D eigenvalue weighted by atomic mass is 16.1. The first-order valence-corrected chi connectivity index (χ1v) is 5.53. The van der Waals surface area contributed by atoms with Gasteiger partial charge in [0.15, 0.2) is 0 Å². The van der Waals surface area contributed by atoms with Gasteiger partial charge in [0.25, 0.3) is 0 Å². The number of ketones is 1. The van der Waals surface area contributed by atoms with E-state index in [0.29, 0.717) is 5.78 Å². The lowest BCUT2D eigenvalue weighted by atomic mass is 9.75. The zero-order chi connectivity index (χ0) is 9.10. The molecule has 0 amide bonds. The highest BCUT2D eigenvalue weighted by molar-refractivity contribution is 5.79. The van der Waals surface area contributed by atoms with Gasteiger partial charge in [-0.2, -0.15) is 0 Å². The lowest BCUT2D eigenvalue weighted by Gasteiger charge is -2.30. The lowest BCUT2D eigenvalue weighted by molar-refractivity contribution is -0.121. The van der Waals surface area contributed by atoms with Crippen molar-refractivity contribution in [2.75, 3.05) is 0 Å². The Hall–Kier alpha value is -0.590. The fourth-order valence-corrected chi connectivity index (χ4v) is 2.68. The molecule has 2 aliphatic rings. The maximum atomic E-state index is 11.1. The second-order valence-electron chi connectivity index (χ2n) is 4.42. The van der Waals surface area contributed by atoms with E-state index in [0.717, 1.165) is 37.5 Å². The molecule has 0 aromatic carbocycles. The van der Waals surface area contributed by atoms with E-state index in [1.807, 2.05) is 0 Å². The molecule has 2 rings (SSSR count). The first-order valence-electron chi connectivity index (χ1n) is 5.53. The van der Waals surface area contributed by atoms with E-state index in [2.05, 4.69) is 12.2 Å². The third-order valence-electron chi connectivity index (χ3n) is 3.56. The fraction of sp³-hybridized carbons (Fsp3) is 0.750. The number of rotatable bonds is 1. The quantitative estimate of drug-likeness (QED) is 0.564. The van der Waals surface area contributed by atoms with Gasteiger partial charge in [-0.15, -0.1) is 0 Å². The summed E-state index contributed by atoms with van der Waals surface area (Å²) < 4.78 is 0. The molecule has 13 heavy (non-hydrogen) atoms. The minimum atomic E-state index is 0.489. The first kappa shape index (κ1) is 8.98. The molecule has 0 spiro atoms. The van der Waals surface area contributed by atoms with E-state index < -0.39 is 0 Å². The van der Waals surface area contributed by atoms with Gasteiger partial charge in [0.2, 0.25) is 0 Å². The van der Waals surface area contributed by atoms with Crippen LogP contribution in [0.15, 0.2) is 12.2 Å². The number of carbonyl (C=O) groups excluding carboxylic acids is 1. The Kier molecular flexibility index (Phi) is 2.82. The smallest absolute Gasteiger partial charge is 0.132 e. The average molecular weight is 178 g/mol. The van der Waals surface area contributed by atoms with Gasteiger partial charge in [-0.1, -0.05) is 12.2 Å². The van der Waals surface area contributed by atoms with Crippen LogP contribution >= 0.6 is 0 Å². The molecular formula is C12H18O. The van der Waals surface area contributed by atoms with E-state index in [4.69, 9.17) is 0 Å². The molecule has 0 bridgehead atoms. The number of allylic oxidation sites excluding steroid dienone is 2. The molecule has 1 nitrogen and oxygen atoms in total. The van der Waals surface area contributed by atoms with Gasteiger partial charge in [0, 0.05) is 12.8 Å². The Morgan fingerprint density at radius 1 is 1.00 bits per heavy atom. The summed E-state index contributed by atoms with van der Waals surface area (Å²) in [5.74, 6) is 2.23. The van der Waals surface area contributed by atoms with Crippen LogP contribution in [0.3, 0.4) is 0 Å². The molecule has 1 unspecified atom stereocenters. The van der Waals surface area contributed by atoms with Crippen molar-refractivity contribution in [1.82, 2.24) is 0 Å². The summed E-state index contributed by atoms with van der Waals surface area (Å²) in [6, 6.07) is 0. The van der Waals surface area contributed by atoms with Gasteiger partial charge in [-0.05, 0) is 43.9 Å². The SMILES string of the molecule is O=C1CCC(C2CC=CCC2)CC1. The number of hydrogen-bond acceptors (Lipinski definition) is 1. The summed E-state index contributed by atoms with van der Waals surface area (Å²) in [5.41, 5.74) is 0. The molecule has 0 aromatic rings. The molecular weight excluding hydrogens is 160 g/mol. The Bertz CT molecular complexity index is 207. The largest absolute Gasteiger partial charge is 0.300 e. The average Bonchev–Trinajstić information content (AvgIpc) is 2.20. The molecule has 0 heterocycles. The molecule has 1 fully saturated rings. The van der Waals surface area contributed by atoms with Gasteiger partial charge < -0.3 is 0 Å². The second kappa shape index (κ2) is 4.08. The van der Waals surface area contributed by atoms with Crippen molar-refractivity contribution in [3.63, 3.8) is 0 Å². The summed E-state index contributed by atoms with van der Waals surface area (Å²) in [6.07, 6.45) is 12.5. The summed E-state index contributed by atoms with van der Waals surface area (Å²) in [5, 5.41) is 0. The van der Waals surface area contributed by atoms with Crippen molar-refractivity contribution in [3.05, 3.63) is 12.2 Å². The molecule has 0 aromatic heterocycles. The van der Waals surface area contributed by atoms with Crippen molar-refractivity contribution >= 4 is 5.78 Å².